The van der Waals surface area contributed by atoms with Gasteiger partial charge < -0.3 is 10.4 Å². The fourth-order valence-electron chi connectivity index (χ4n) is 3.12. The lowest BCUT2D eigenvalue weighted by molar-refractivity contribution is 0.230. The van der Waals surface area contributed by atoms with Crippen LogP contribution < -0.4 is 5.32 Å². The number of halogens is 1. The van der Waals surface area contributed by atoms with Gasteiger partial charge >= 0.3 is 0 Å². The molecule has 1 aliphatic carbocycles. The Balaban J connectivity index is 1.69. The molecule has 0 bridgehead atoms. The molecule has 0 heterocycles. The van der Waals surface area contributed by atoms with Crippen molar-refractivity contribution in [3.63, 3.8) is 0 Å². The van der Waals surface area contributed by atoms with Crippen LogP contribution in [0.15, 0.2) is 48.5 Å². The quantitative estimate of drug-likeness (QED) is 0.885. The van der Waals surface area contributed by atoms with Crippen LogP contribution in [0.4, 0.5) is 4.39 Å². The molecule has 3 rings (SSSR count). The molecule has 0 aliphatic heterocycles. The summed E-state index contributed by atoms with van der Waals surface area (Å²) < 4.78 is 13.2. The van der Waals surface area contributed by atoms with E-state index >= 15 is 0 Å². The van der Waals surface area contributed by atoms with Gasteiger partial charge in [-0.15, -0.1) is 0 Å². The summed E-state index contributed by atoms with van der Waals surface area (Å²) in [6.07, 6.45) is 2.66. The van der Waals surface area contributed by atoms with Gasteiger partial charge in [-0.3, -0.25) is 0 Å². The highest BCUT2D eigenvalue weighted by Gasteiger charge is 2.24. The molecule has 2 nitrogen and oxygen atoms in total. The third-order valence-corrected chi connectivity index (χ3v) is 4.16. The molecule has 0 amide bonds. The lowest BCUT2D eigenvalue weighted by Crippen LogP contribution is -2.36. The van der Waals surface area contributed by atoms with Crippen LogP contribution in [-0.4, -0.2) is 17.8 Å². The van der Waals surface area contributed by atoms with Crippen molar-refractivity contribution < 1.29 is 9.50 Å². The summed E-state index contributed by atoms with van der Waals surface area (Å²) in [5.41, 5.74) is 3.47. The molecule has 1 unspecified atom stereocenters. The minimum atomic E-state index is -0.169. The molecular weight excluding hydrogens is 265 g/mol. The van der Waals surface area contributed by atoms with Crippen molar-refractivity contribution >= 4 is 0 Å². The van der Waals surface area contributed by atoms with E-state index in [0.717, 1.165) is 24.8 Å². The molecule has 0 saturated carbocycles. The molecule has 0 saturated heterocycles. The van der Waals surface area contributed by atoms with E-state index in [9.17, 15) is 9.50 Å². The first-order valence-corrected chi connectivity index (χ1v) is 7.45. The summed E-state index contributed by atoms with van der Waals surface area (Å²) in [5.74, 6) is -0.169. The van der Waals surface area contributed by atoms with Gasteiger partial charge in [0.15, 0.2) is 0 Å². The summed E-state index contributed by atoms with van der Waals surface area (Å²) in [6.45, 7) is 0.0991. The molecule has 2 aromatic carbocycles. The Morgan fingerprint density at radius 1 is 1.19 bits per heavy atom. The molecule has 0 aromatic heterocycles. The maximum atomic E-state index is 13.2. The maximum absolute atomic E-state index is 13.2. The largest absolute Gasteiger partial charge is 0.395 e. The van der Waals surface area contributed by atoms with Gasteiger partial charge in [0.2, 0.25) is 0 Å². The molecular formula is C18H20FNO. The standard InChI is InChI=1S/C18H20FNO/c19-15-7-8-17-14(11-15)6-9-18(17)20-16(12-21)10-13-4-2-1-3-5-13/h1-5,7-8,11,16,18,20-21H,6,9-10,12H2/t16-,18?/m1/s1. The van der Waals surface area contributed by atoms with Crippen LogP contribution >= 0.6 is 0 Å². The number of fused-ring (bicyclic) bond motifs is 1. The van der Waals surface area contributed by atoms with Crippen molar-refractivity contribution in [1.82, 2.24) is 5.32 Å². The third kappa shape index (κ3) is 3.31. The summed E-state index contributed by atoms with van der Waals surface area (Å²) in [4.78, 5) is 0. The lowest BCUT2D eigenvalue weighted by atomic mass is 10.0. The van der Waals surface area contributed by atoms with E-state index < -0.39 is 0 Å². The summed E-state index contributed by atoms with van der Waals surface area (Å²) in [6, 6.07) is 15.4. The first kappa shape index (κ1) is 14.2. The van der Waals surface area contributed by atoms with Gasteiger partial charge in [0.05, 0.1) is 6.61 Å². The normalized spacial score (nSPS) is 18.5. The highest BCUT2D eigenvalue weighted by molar-refractivity contribution is 5.35. The van der Waals surface area contributed by atoms with Crippen LogP contribution in [0.2, 0.25) is 0 Å². The van der Waals surface area contributed by atoms with Gasteiger partial charge in [-0.1, -0.05) is 36.4 Å². The zero-order valence-electron chi connectivity index (χ0n) is 11.9. The number of aliphatic hydroxyl groups excluding tert-OH is 1. The number of benzene rings is 2. The van der Waals surface area contributed by atoms with Crippen molar-refractivity contribution in [2.24, 2.45) is 0 Å². The first-order valence-electron chi connectivity index (χ1n) is 7.45. The molecule has 110 valence electrons. The second kappa shape index (κ2) is 6.37. The van der Waals surface area contributed by atoms with Crippen LogP contribution in [0, 0.1) is 5.82 Å². The summed E-state index contributed by atoms with van der Waals surface area (Å²) in [5, 5.41) is 13.1. The smallest absolute Gasteiger partial charge is 0.123 e. The molecule has 1 aliphatic rings. The number of rotatable bonds is 5. The van der Waals surface area contributed by atoms with Crippen LogP contribution in [0.25, 0.3) is 0 Å². The minimum absolute atomic E-state index is 0.0217. The fourth-order valence-corrected chi connectivity index (χ4v) is 3.12. The predicted octanol–water partition coefficient (Wildman–Crippen LogP) is 3.01. The van der Waals surface area contributed by atoms with E-state index in [-0.39, 0.29) is 24.5 Å². The molecule has 0 fully saturated rings. The number of hydrogen-bond acceptors (Lipinski definition) is 2. The molecule has 0 spiro atoms. The van der Waals surface area contributed by atoms with E-state index in [1.165, 1.54) is 17.2 Å². The zero-order chi connectivity index (χ0) is 14.7. The molecule has 0 radical (unpaired) electrons. The van der Waals surface area contributed by atoms with Gasteiger partial charge in [0, 0.05) is 12.1 Å². The van der Waals surface area contributed by atoms with E-state index in [2.05, 4.69) is 17.4 Å². The highest BCUT2D eigenvalue weighted by Crippen LogP contribution is 2.32. The average molecular weight is 285 g/mol. The van der Waals surface area contributed by atoms with E-state index in [1.807, 2.05) is 24.3 Å². The predicted molar refractivity (Wildman–Crippen MR) is 81.6 cm³/mol. The van der Waals surface area contributed by atoms with Crippen molar-refractivity contribution in [3.05, 3.63) is 71.0 Å². The summed E-state index contributed by atoms with van der Waals surface area (Å²) in [7, 11) is 0. The maximum Gasteiger partial charge on any atom is 0.123 e. The van der Waals surface area contributed by atoms with Crippen molar-refractivity contribution in [1.29, 1.82) is 0 Å². The van der Waals surface area contributed by atoms with Crippen molar-refractivity contribution in [3.8, 4) is 0 Å². The zero-order valence-corrected chi connectivity index (χ0v) is 11.9. The van der Waals surface area contributed by atoms with Gasteiger partial charge in [-0.05, 0) is 48.1 Å². The average Bonchev–Trinajstić information content (AvgIpc) is 2.89. The van der Waals surface area contributed by atoms with E-state index in [1.54, 1.807) is 6.07 Å². The Morgan fingerprint density at radius 3 is 2.76 bits per heavy atom. The van der Waals surface area contributed by atoms with E-state index in [0.29, 0.717) is 0 Å². The lowest BCUT2D eigenvalue weighted by Gasteiger charge is -2.22. The van der Waals surface area contributed by atoms with Crippen LogP contribution in [-0.2, 0) is 12.8 Å². The molecule has 21 heavy (non-hydrogen) atoms. The number of aryl methyl sites for hydroxylation is 1. The van der Waals surface area contributed by atoms with Crippen LogP contribution in [0.1, 0.15) is 29.2 Å². The second-order valence-corrected chi connectivity index (χ2v) is 5.67. The Labute approximate surface area is 124 Å². The van der Waals surface area contributed by atoms with Crippen molar-refractivity contribution in [2.75, 3.05) is 6.61 Å². The third-order valence-electron chi connectivity index (χ3n) is 4.16. The molecule has 3 heteroatoms. The summed E-state index contributed by atoms with van der Waals surface area (Å²) >= 11 is 0. The monoisotopic (exact) mass is 285 g/mol. The van der Waals surface area contributed by atoms with Gasteiger partial charge in [-0.2, -0.15) is 0 Å². The van der Waals surface area contributed by atoms with E-state index in [4.69, 9.17) is 0 Å². The number of aliphatic hydroxyl groups is 1. The topological polar surface area (TPSA) is 32.3 Å². The Kier molecular flexibility index (Phi) is 4.32. The van der Waals surface area contributed by atoms with Crippen LogP contribution in [0.5, 0.6) is 0 Å². The van der Waals surface area contributed by atoms with Crippen molar-refractivity contribution in [2.45, 2.75) is 31.3 Å². The SMILES string of the molecule is OC[C@@H](Cc1ccccc1)NC1CCc2cc(F)ccc21. The minimum Gasteiger partial charge on any atom is -0.395 e. The van der Waals surface area contributed by atoms with Gasteiger partial charge in [0.1, 0.15) is 5.82 Å². The van der Waals surface area contributed by atoms with Crippen LogP contribution in [0.3, 0.4) is 0 Å². The Bertz CT molecular complexity index is 599. The Morgan fingerprint density at radius 2 is 2.00 bits per heavy atom. The van der Waals surface area contributed by atoms with Gasteiger partial charge in [0.25, 0.3) is 0 Å². The van der Waals surface area contributed by atoms with Gasteiger partial charge in [-0.25, -0.2) is 4.39 Å². The molecule has 2 aromatic rings. The highest BCUT2D eigenvalue weighted by atomic mass is 19.1. The second-order valence-electron chi connectivity index (χ2n) is 5.67. The molecule has 2 N–H and O–H groups in total. The Hall–Kier alpha value is -1.71. The fraction of sp³-hybridized carbons (Fsp3) is 0.333. The number of hydrogen-bond donors (Lipinski definition) is 2. The number of nitrogens with one attached hydrogen (secondary N) is 1. The first-order chi connectivity index (χ1) is 10.3. The molecule has 2 atom stereocenters.